The number of nitrogens with one attached hydrogen (secondary N) is 1. The third-order valence-electron chi connectivity index (χ3n) is 1.67. The van der Waals surface area contributed by atoms with E-state index in [1.54, 1.807) is 34.4 Å². The number of fused-ring (bicyclic) bond motifs is 1. The summed E-state index contributed by atoms with van der Waals surface area (Å²) in [6, 6.07) is 8.11. The van der Waals surface area contributed by atoms with Crippen LogP contribution in [0.2, 0.25) is 0 Å². The Morgan fingerprint density at radius 1 is 1.25 bits per heavy atom. The Labute approximate surface area is 119 Å². The summed E-state index contributed by atoms with van der Waals surface area (Å²) in [4.78, 5) is 6.83. The van der Waals surface area contributed by atoms with Gasteiger partial charge in [0.25, 0.3) is 0 Å². The molecule has 0 aliphatic heterocycles. The minimum Gasteiger partial charge on any atom is -0.337 e. The van der Waals surface area contributed by atoms with Gasteiger partial charge in [-0.05, 0) is 24.4 Å². The Morgan fingerprint density at radius 3 is 2.62 bits per heavy atom. The van der Waals surface area contributed by atoms with Crippen molar-refractivity contribution < 1.29 is 19.5 Å². The van der Waals surface area contributed by atoms with E-state index in [9.17, 15) is 0 Å². The maximum absolute atomic E-state index is 4.98. The van der Waals surface area contributed by atoms with Gasteiger partial charge in [0.2, 0.25) is 0 Å². The van der Waals surface area contributed by atoms with Gasteiger partial charge in [0.1, 0.15) is 0 Å². The summed E-state index contributed by atoms with van der Waals surface area (Å²) in [5.74, 6) is 0. The van der Waals surface area contributed by atoms with Crippen LogP contribution < -0.4 is 0 Å². The third-order valence-corrected chi connectivity index (χ3v) is 3.41. The molecule has 0 spiro atoms. The smallest absolute Gasteiger partial charge is 0.159 e. The summed E-state index contributed by atoms with van der Waals surface area (Å²) in [5, 5.41) is 1.93. The van der Waals surface area contributed by atoms with Crippen LogP contribution >= 0.6 is 34.9 Å². The van der Waals surface area contributed by atoms with Gasteiger partial charge in [0.05, 0.1) is 15.7 Å². The van der Waals surface area contributed by atoms with Crippen molar-refractivity contribution in [2.75, 3.05) is 0 Å². The quantitative estimate of drug-likeness (QED) is 0.499. The van der Waals surface area contributed by atoms with Gasteiger partial charge in [0.15, 0.2) is 3.95 Å². The van der Waals surface area contributed by atoms with Crippen LogP contribution in [-0.4, -0.2) is 9.97 Å². The number of benzene rings is 1. The minimum absolute atomic E-state index is 0. The first kappa shape index (κ1) is 13.6. The number of hydrogen-bond donors (Lipinski definition) is 1. The summed E-state index contributed by atoms with van der Waals surface area (Å²) in [7, 11) is 0. The average molecular weight is 318 g/mol. The van der Waals surface area contributed by atoms with Crippen molar-refractivity contribution in [3.8, 4) is 0 Å². The zero-order valence-corrected chi connectivity index (χ0v) is 13.8. The Bertz CT molecular complexity index is 518. The number of hydrogen-bond acceptors (Lipinski definition) is 4. The minimum atomic E-state index is 0. The summed E-state index contributed by atoms with van der Waals surface area (Å²) in [5.41, 5.74) is 2.93. The summed E-state index contributed by atoms with van der Waals surface area (Å²) >= 11 is 8.19. The van der Waals surface area contributed by atoms with E-state index in [-0.39, 0.29) is 19.5 Å². The molecule has 3 rings (SSSR count). The number of rotatable bonds is 0. The molecular formula is C10H8N2S3Zn. The number of para-hydroxylation sites is 1. The van der Waals surface area contributed by atoms with E-state index in [0.29, 0.717) is 0 Å². The van der Waals surface area contributed by atoms with Crippen LogP contribution in [0.25, 0.3) is 10.2 Å². The average Bonchev–Trinajstić information content (AvgIpc) is 2.87. The van der Waals surface area contributed by atoms with Gasteiger partial charge in [-0.2, -0.15) is 0 Å². The SMILES string of the molecule is S=c1[nH]c2ccccc2s1.[Zn].c1cscn1. The van der Waals surface area contributed by atoms with Gasteiger partial charge in [0, 0.05) is 31.1 Å². The fraction of sp³-hybridized carbons (Fsp3) is 0. The van der Waals surface area contributed by atoms with Crippen LogP contribution in [0.5, 0.6) is 0 Å². The molecular weight excluding hydrogens is 310 g/mol. The van der Waals surface area contributed by atoms with E-state index in [4.69, 9.17) is 12.2 Å². The second-order valence-electron chi connectivity index (χ2n) is 2.69. The maximum atomic E-state index is 4.98. The van der Waals surface area contributed by atoms with Crippen molar-refractivity contribution in [3.05, 3.63) is 45.3 Å². The Hall–Kier alpha value is -0.417. The van der Waals surface area contributed by atoms with Crippen molar-refractivity contribution in [1.82, 2.24) is 9.97 Å². The predicted molar refractivity (Wildman–Crippen MR) is 69.1 cm³/mol. The fourth-order valence-corrected chi connectivity index (χ4v) is 2.54. The fourth-order valence-electron chi connectivity index (χ4n) is 1.07. The number of aromatic amines is 1. The van der Waals surface area contributed by atoms with Crippen molar-refractivity contribution in [3.63, 3.8) is 0 Å². The van der Waals surface area contributed by atoms with E-state index in [0.717, 1.165) is 9.47 Å². The molecule has 1 N–H and O–H groups in total. The van der Waals surface area contributed by atoms with E-state index in [1.165, 1.54) is 4.70 Å². The summed E-state index contributed by atoms with van der Waals surface area (Å²) in [6.07, 6.45) is 1.77. The second kappa shape index (κ2) is 7.02. The molecule has 0 saturated carbocycles. The molecule has 0 saturated heterocycles. The summed E-state index contributed by atoms with van der Waals surface area (Å²) in [6.45, 7) is 0. The van der Waals surface area contributed by atoms with Crippen molar-refractivity contribution in [1.29, 1.82) is 0 Å². The first-order chi connectivity index (χ1) is 7.36. The Kier molecular flexibility index (Phi) is 5.98. The van der Waals surface area contributed by atoms with Crippen LogP contribution in [0.4, 0.5) is 0 Å². The molecule has 0 fully saturated rings. The number of aromatic nitrogens is 2. The molecule has 0 aliphatic rings. The molecule has 0 bridgehead atoms. The van der Waals surface area contributed by atoms with Gasteiger partial charge >= 0.3 is 0 Å². The largest absolute Gasteiger partial charge is 0.337 e. The zero-order valence-electron chi connectivity index (χ0n) is 8.42. The van der Waals surface area contributed by atoms with Gasteiger partial charge in [-0.25, -0.2) is 0 Å². The molecule has 2 heterocycles. The molecule has 0 aliphatic carbocycles. The zero-order chi connectivity index (χ0) is 10.5. The van der Waals surface area contributed by atoms with Gasteiger partial charge in [-0.15, -0.1) is 22.7 Å². The number of nitrogens with zero attached hydrogens (tertiary/aromatic N) is 1. The number of H-pyrrole nitrogens is 1. The Balaban J connectivity index is 0.000000183. The molecule has 0 radical (unpaired) electrons. The molecule has 2 nitrogen and oxygen atoms in total. The molecule has 3 aromatic rings. The third kappa shape index (κ3) is 3.87. The van der Waals surface area contributed by atoms with E-state index in [2.05, 4.69) is 16.0 Å². The van der Waals surface area contributed by atoms with Crippen LogP contribution in [0, 0.1) is 3.95 Å². The second-order valence-corrected chi connectivity index (χ2v) is 5.16. The van der Waals surface area contributed by atoms with E-state index < -0.39 is 0 Å². The first-order valence-electron chi connectivity index (χ1n) is 4.26. The van der Waals surface area contributed by atoms with Gasteiger partial charge < -0.3 is 4.98 Å². The van der Waals surface area contributed by atoms with Crippen LogP contribution in [0.1, 0.15) is 0 Å². The topological polar surface area (TPSA) is 28.7 Å². The van der Waals surface area contributed by atoms with Crippen molar-refractivity contribution >= 4 is 45.1 Å². The molecule has 16 heavy (non-hydrogen) atoms. The molecule has 0 atom stereocenters. The molecule has 6 heteroatoms. The van der Waals surface area contributed by atoms with Crippen molar-refractivity contribution in [2.24, 2.45) is 0 Å². The molecule has 78 valence electrons. The van der Waals surface area contributed by atoms with Crippen LogP contribution in [0.15, 0.2) is 41.4 Å². The standard InChI is InChI=1S/C7H5NS2.C3H3NS.Zn/c9-7-8-5-3-1-2-4-6(5)10-7;1-2-5-3-4-1;/h1-4H,(H,8,9);1-3H;. The number of thiazole rings is 2. The predicted octanol–water partition coefficient (Wildman–Crippen LogP) is 4.10. The monoisotopic (exact) mass is 316 g/mol. The first-order valence-corrected chi connectivity index (χ1v) is 6.43. The van der Waals surface area contributed by atoms with Crippen LogP contribution in [-0.2, 0) is 19.5 Å². The van der Waals surface area contributed by atoms with Crippen LogP contribution in [0.3, 0.4) is 0 Å². The van der Waals surface area contributed by atoms with Gasteiger partial charge in [-0.3, -0.25) is 4.98 Å². The molecule has 0 unspecified atom stereocenters. The molecule has 1 aromatic carbocycles. The van der Waals surface area contributed by atoms with Gasteiger partial charge in [-0.1, -0.05) is 12.1 Å². The normalized spacial score (nSPS) is 9.00. The molecule has 2 aromatic heterocycles. The van der Waals surface area contributed by atoms with E-state index >= 15 is 0 Å². The van der Waals surface area contributed by atoms with E-state index in [1.807, 2.05) is 23.6 Å². The summed E-state index contributed by atoms with van der Waals surface area (Å²) < 4.78 is 2.08. The Morgan fingerprint density at radius 2 is 2.06 bits per heavy atom. The van der Waals surface area contributed by atoms with Crippen molar-refractivity contribution in [2.45, 2.75) is 0 Å². The molecule has 0 amide bonds. The maximum Gasteiger partial charge on any atom is 0.159 e.